The Morgan fingerprint density at radius 1 is 1.11 bits per heavy atom. The highest BCUT2D eigenvalue weighted by Crippen LogP contribution is 2.35. The first kappa shape index (κ1) is 23.1. The second-order valence-electron chi connectivity index (χ2n) is 10.3. The average molecular weight is 476 g/mol. The molecule has 4 heterocycles. The van der Waals surface area contributed by atoms with Crippen LogP contribution in [-0.4, -0.2) is 61.9 Å². The molecule has 3 aromatic rings. The van der Waals surface area contributed by atoms with Crippen molar-refractivity contribution in [3.05, 3.63) is 59.4 Å². The number of nitrogens with zero attached hydrogens (tertiary/aromatic N) is 5. The molecule has 0 spiro atoms. The predicted octanol–water partition coefficient (Wildman–Crippen LogP) is 4.29. The third-order valence-corrected chi connectivity index (χ3v) is 6.39. The molecule has 2 aliphatic heterocycles. The van der Waals surface area contributed by atoms with Gasteiger partial charge < -0.3 is 19.9 Å². The molecule has 2 N–H and O–H groups in total. The summed E-state index contributed by atoms with van der Waals surface area (Å²) in [6, 6.07) is 14.6. The number of hydrogen-bond acceptors (Lipinski definition) is 7. The van der Waals surface area contributed by atoms with Crippen LogP contribution in [0, 0.1) is 0 Å². The number of H-pyrrole nitrogens is 1. The number of fused-ring (bicyclic) bond motifs is 2. The summed E-state index contributed by atoms with van der Waals surface area (Å²) in [7, 11) is 0. The molecular formula is C26H33N7O2. The number of rotatable bonds is 6. The van der Waals surface area contributed by atoms with E-state index >= 15 is 0 Å². The van der Waals surface area contributed by atoms with E-state index in [-0.39, 0.29) is 18.2 Å². The average Bonchev–Trinajstić information content (AvgIpc) is 3.54. The van der Waals surface area contributed by atoms with Crippen molar-refractivity contribution in [3.8, 4) is 0 Å². The van der Waals surface area contributed by atoms with Gasteiger partial charge in [0.15, 0.2) is 5.82 Å². The number of benzene rings is 1. The number of carbonyl (C=O) groups excluding carboxylic acids is 1. The van der Waals surface area contributed by atoms with Crippen molar-refractivity contribution in [2.75, 3.05) is 23.3 Å². The fourth-order valence-corrected chi connectivity index (χ4v) is 4.77. The van der Waals surface area contributed by atoms with Gasteiger partial charge in [-0.2, -0.15) is 10.1 Å². The van der Waals surface area contributed by atoms with Gasteiger partial charge in [0.25, 0.3) is 0 Å². The van der Waals surface area contributed by atoms with E-state index in [0.29, 0.717) is 31.3 Å². The first-order chi connectivity index (χ1) is 16.8. The molecule has 2 bridgehead atoms. The van der Waals surface area contributed by atoms with Crippen molar-refractivity contribution in [3.63, 3.8) is 0 Å². The van der Waals surface area contributed by atoms with Crippen LogP contribution >= 0.6 is 0 Å². The van der Waals surface area contributed by atoms with E-state index in [1.807, 2.05) is 56.0 Å². The molecular weight excluding hydrogens is 442 g/mol. The lowest BCUT2D eigenvalue weighted by Crippen LogP contribution is -2.50. The van der Waals surface area contributed by atoms with Crippen molar-refractivity contribution in [2.24, 2.45) is 0 Å². The maximum absolute atomic E-state index is 12.7. The number of ether oxygens (including phenoxy) is 1. The van der Waals surface area contributed by atoms with Gasteiger partial charge in [0, 0.05) is 37.3 Å². The van der Waals surface area contributed by atoms with Crippen LogP contribution in [0.4, 0.5) is 22.4 Å². The number of aryl methyl sites for hydroxylation is 1. The van der Waals surface area contributed by atoms with E-state index in [9.17, 15) is 4.79 Å². The fourth-order valence-electron chi connectivity index (χ4n) is 4.77. The first-order valence-corrected chi connectivity index (χ1v) is 12.3. The van der Waals surface area contributed by atoms with E-state index in [1.54, 1.807) is 0 Å². The Balaban J connectivity index is 1.38. The van der Waals surface area contributed by atoms with E-state index in [4.69, 9.17) is 14.7 Å². The van der Waals surface area contributed by atoms with Crippen molar-refractivity contribution < 1.29 is 9.53 Å². The van der Waals surface area contributed by atoms with Gasteiger partial charge in [-0.3, -0.25) is 5.10 Å². The summed E-state index contributed by atoms with van der Waals surface area (Å²) in [4.78, 5) is 26.5. The zero-order chi connectivity index (χ0) is 24.6. The molecule has 2 fully saturated rings. The zero-order valence-corrected chi connectivity index (χ0v) is 20.8. The molecule has 5 rings (SSSR count). The molecule has 35 heavy (non-hydrogen) atoms. The normalized spacial score (nSPS) is 19.3. The Hall–Kier alpha value is -3.62. The molecule has 0 radical (unpaired) electrons. The highest BCUT2D eigenvalue weighted by atomic mass is 16.6. The summed E-state index contributed by atoms with van der Waals surface area (Å²) in [5.74, 6) is 2.13. The van der Waals surface area contributed by atoms with Gasteiger partial charge >= 0.3 is 6.09 Å². The number of amides is 1. The number of carbonyl (C=O) groups is 1. The molecule has 184 valence electrons. The van der Waals surface area contributed by atoms with E-state index in [1.165, 1.54) is 5.56 Å². The Bertz CT molecular complexity index is 1190. The summed E-state index contributed by atoms with van der Waals surface area (Å²) in [5, 5.41) is 10.7. The minimum Gasteiger partial charge on any atom is -0.444 e. The SMILES string of the molecule is CCc1cc(Nc2cc(Cc3ccccc3)nc(N3CC4CC3CN4C(=O)OC(C)(C)C)n2)n[nH]1. The molecule has 9 nitrogen and oxygen atoms in total. The molecule has 2 unspecified atom stereocenters. The second kappa shape index (κ2) is 9.20. The third kappa shape index (κ3) is 5.23. The zero-order valence-electron chi connectivity index (χ0n) is 20.8. The Morgan fingerprint density at radius 2 is 1.91 bits per heavy atom. The number of nitrogens with one attached hydrogen (secondary N) is 2. The maximum atomic E-state index is 12.7. The van der Waals surface area contributed by atoms with E-state index in [0.717, 1.165) is 30.0 Å². The van der Waals surface area contributed by atoms with Crippen molar-refractivity contribution in [2.45, 2.75) is 64.6 Å². The van der Waals surface area contributed by atoms with E-state index in [2.05, 4.69) is 39.5 Å². The first-order valence-electron chi connectivity index (χ1n) is 12.3. The van der Waals surface area contributed by atoms with Crippen LogP contribution in [0.1, 0.15) is 51.1 Å². The molecule has 2 aliphatic rings. The van der Waals surface area contributed by atoms with Gasteiger partial charge in [0.05, 0.1) is 17.8 Å². The smallest absolute Gasteiger partial charge is 0.410 e. The van der Waals surface area contributed by atoms with Crippen LogP contribution in [-0.2, 0) is 17.6 Å². The topological polar surface area (TPSA) is 99.3 Å². The lowest BCUT2D eigenvalue weighted by Gasteiger charge is -2.35. The van der Waals surface area contributed by atoms with Crippen LogP contribution in [0.5, 0.6) is 0 Å². The van der Waals surface area contributed by atoms with Crippen molar-refractivity contribution in [1.29, 1.82) is 0 Å². The number of hydrogen-bond donors (Lipinski definition) is 2. The largest absolute Gasteiger partial charge is 0.444 e. The molecule has 0 saturated carbocycles. The summed E-state index contributed by atoms with van der Waals surface area (Å²) in [6.45, 7) is 9.09. The van der Waals surface area contributed by atoms with Crippen LogP contribution in [0.3, 0.4) is 0 Å². The molecule has 9 heteroatoms. The van der Waals surface area contributed by atoms with Crippen LogP contribution in [0.15, 0.2) is 42.5 Å². The maximum Gasteiger partial charge on any atom is 0.410 e. The number of aromatic nitrogens is 4. The Labute approximate surface area is 205 Å². The molecule has 2 saturated heterocycles. The van der Waals surface area contributed by atoms with Crippen LogP contribution < -0.4 is 10.2 Å². The van der Waals surface area contributed by atoms with Gasteiger partial charge in [0.2, 0.25) is 5.95 Å². The van der Waals surface area contributed by atoms with E-state index < -0.39 is 5.60 Å². The molecule has 1 aromatic carbocycles. The second-order valence-corrected chi connectivity index (χ2v) is 10.3. The highest BCUT2D eigenvalue weighted by molar-refractivity contribution is 5.70. The summed E-state index contributed by atoms with van der Waals surface area (Å²) >= 11 is 0. The quantitative estimate of drug-likeness (QED) is 0.548. The molecule has 0 aliphatic carbocycles. The van der Waals surface area contributed by atoms with Crippen molar-refractivity contribution >= 4 is 23.7 Å². The lowest BCUT2D eigenvalue weighted by molar-refractivity contribution is 0.0214. The molecule has 2 aromatic heterocycles. The highest BCUT2D eigenvalue weighted by Gasteiger charge is 2.47. The number of anilines is 3. The minimum absolute atomic E-state index is 0.103. The predicted molar refractivity (Wildman–Crippen MR) is 135 cm³/mol. The fraction of sp³-hybridized carbons (Fsp3) is 0.462. The lowest BCUT2D eigenvalue weighted by atomic mass is 10.1. The Kier molecular flexibility index (Phi) is 6.08. The van der Waals surface area contributed by atoms with Gasteiger partial charge in [-0.15, -0.1) is 0 Å². The van der Waals surface area contributed by atoms with Gasteiger partial charge in [0.1, 0.15) is 11.4 Å². The molecule has 2 atom stereocenters. The van der Waals surface area contributed by atoms with Gasteiger partial charge in [-0.25, -0.2) is 9.78 Å². The van der Waals surface area contributed by atoms with Crippen LogP contribution in [0.25, 0.3) is 0 Å². The summed E-state index contributed by atoms with van der Waals surface area (Å²) < 4.78 is 5.61. The third-order valence-electron chi connectivity index (χ3n) is 6.39. The van der Waals surface area contributed by atoms with Crippen LogP contribution in [0.2, 0.25) is 0 Å². The monoisotopic (exact) mass is 475 g/mol. The summed E-state index contributed by atoms with van der Waals surface area (Å²) in [5.41, 5.74) is 2.68. The van der Waals surface area contributed by atoms with Crippen molar-refractivity contribution in [1.82, 2.24) is 25.1 Å². The number of piperazine rings is 1. The Morgan fingerprint density at radius 3 is 2.57 bits per heavy atom. The minimum atomic E-state index is -0.502. The van der Waals surface area contributed by atoms with Gasteiger partial charge in [-0.05, 0) is 39.2 Å². The summed E-state index contributed by atoms with van der Waals surface area (Å²) in [6.07, 6.45) is 2.25. The van der Waals surface area contributed by atoms with Gasteiger partial charge in [-0.1, -0.05) is 37.3 Å². The number of aromatic amines is 1. The molecule has 1 amide bonds. The standard InChI is InChI=1S/C26H33N7O2/c1-5-18-12-23(31-30-18)28-22-13-19(11-17-9-7-6-8-10-17)27-24(29-22)32-15-21-14-20(32)16-33(21)25(34)35-26(2,3)4/h6-10,12-13,20-21H,5,11,14-16H2,1-4H3,(H2,27,28,29,30,31). The number of likely N-dealkylation sites (tertiary alicyclic amines) is 1.